The van der Waals surface area contributed by atoms with Gasteiger partial charge in [-0.25, -0.2) is 9.97 Å². The Bertz CT molecular complexity index is 756. The molecule has 0 fully saturated rings. The molecule has 0 aliphatic rings. The summed E-state index contributed by atoms with van der Waals surface area (Å²) in [5.41, 5.74) is 0.836. The number of terminal acetylenes is 1. The summed E-state index contributed by atoms with van der Waals surface area (Å²) >= 11 is 0. The number of amides is 2. The van der Waals surface area contributed by atoms with Crippen LogP contribution < -0.4 is 16.0 Å². The van der Waals surface area contributed by atoms with E-state index in [2.05, 4.69) is 31.8 Å². The third-order valence-corrected chi connectivity index (χ3v) is 3.23. The van der Waals surface area contributed by atoms with Crippen LogP contribution in [0.15, 0.2) is 42.7 Å². The molecule has 7 heteroatoms. The van der Waals surface area contributed by atoms with E-state index in [4.69, 9.17) is 6.42 Å². The Morgan fingerprint density at radius 2 is 1.88 bits per heavy atom. The summed E-state index contributed by atoms with van der Waals surface area (Å²) in [6, 6.07) is 8.52. The molecule has 0 spiro atoms. The second-order valence-corrected chi connectivity index (χ2v) is 5.08. The molecule has 0 saturated heterocycles. The normalized spacial score (nSPS) is 9.72. The molecule has 0 saturated carbocycles. The molecule has 128 valence electrons. The highest BCUT2D eigenvalue weighted by Gasteiger charge is 2.12. The Morgan fingerprint density at radius 3 is 2.64 bits per heavy atom. The van der Waals surface area contributed by atoms with E-state index in [1.165, 1.54) is 0 Å². The van der Waals surface area contributed by atoms with E-state index in [0.29, 0.717) is 36.6 Å². The van der Waals surface area contributed by atoms with E-state index in [1.807, 2.05) is 0 Å². The molecule has 0 bridgehead atoms. The summed E-state index contributed by atoms with van der Waals surface area (Å²) in [5, 5.41) is 8.37. The fraction of sp³-hybridized carbons (Fsp3) is 0.222. The maximum atomic E-state index is 12.1. The van der Waals surface area contributed by atoms with Crippen molar-refractivity contribution in [2.24, 2.45) is 0 Å². The average Bonchev–Trinajstić information content (AvgIpc) is 2.64. The fourth-order valence-corrected chi connectivity index (χ4v) is 2.07. The number of anilines is 2. The van der Waals surface area contributed by atoms with Crippen LogP contribution >= 0.6 is 0 Å². The number of rotatable bonds is 8. The highest BCUT2D eigenvalue weighted by atomic mass is 16.2. The Kier molecular flexibility index (Phi) is 6.95. The molecular weight excluding hydrogens is 318 g/mol. The third-order valence-electron chi connectivity index (χ3n) is 3.23. The summed E-state index contributed by atoms with van der Waals surface area (Å²) in [4.78, 5) is 32.2. The van der Waals surface area contributed by atoms with Gasteiger partial charge < -0.3 is 16.0 Å². The molecular formula is C18H19N5O2. The van der Waals surface area contributed by atoms with Gasteiger partial charge in [0, 0.05) is 25.4 Å². The second kappa shape index (κ2) is 9.67. The van der Waals surface area contributed by atoms with Crippen molar-refractivity contribution in [3.63, 3.8) is 0 Å². The Hall–Kier alpha value is -3.40. The number of hydrogen-bond donors (Lipinski definition) is 3. The van der Waals surface area contributed by atoms with Gasteiger partial charge in [-0.05, 0) is 24.6 Å². The zero-order valence-electron chi connectivity index (χ0n) is 13.7. The van der Waals surface area contributed by atoms with Crippen LogP contribution in [0.25, 0.3) is 0 Å². The van der Waals surface area contributed by atoms with E-state index in [9.17, 15) is 9.59 Å². The molecule has 1 aromatic heterocycles. The van der Waals surface area contributed by atoms with E-state index < -0.39 is 0 Å². The minimum absolute atomic E-state index is 0.133. The SMILES string of the molecule is C#CCNC(=O)c1ccccc1NC(=O)CCCNc1ncccn1. The lowest BCUT2D eigenvalue weighted by Crippen LogP contribution is -2.25. The van der Waals surface area contributed by atoms with Crippen molar-refractivity contribution in [2.45, 2.75) is 12.8 Å². The van der Waals surface area contributed by atoms with Crippen molar-refractivity contribution in [3.05, 3.63) is 48.3 Å². The number of nitrogens with zero attached hydrogens (tertiary/aromatic N) is 2. The van der Waals surface area contributed by atoms with Crippen LogP contribution in [-0.2, 0) is 4.79 Å². The van der Waals surface area contributed by atoms with Crippen molar-refractivity contribution in [2.75, 3.05) is 23.7 Å². The van der Waals surface area contributed by atoms with Crippen molar-refractivity contribution >= 4 is 23.5 Å². The molecule has 0 aliphatic heterocycles. The van der Waals surface area contributed by atoms with Gasteiger partial charge in [-0.2, -0.15) is 0 Å². The fourth-order valence-electron chi connectivity index (χ4n) is 2.07. The number of carbonyl (C=O) groups is 2. The summed E-state index contributed by atoms with van der Waals surface area (Å²) < 4.78 is 0. The molecule has 3 N–H and O–H groups in total. The Balaban J connectivity index is 1.82. The topological polar surface area (TPSA) is 96.0 Å². The van der Waals surface area contributed by atoms with Crippen molar-refractivity contribution in [3.8, 4) is 12.3 Å². The average molecular weight is 337 g/mol. The van der Waals surface area contributed by atoms with E-state index in [0.717, 1.165) is 0 Å². The van der Waals surface area contributed by atoms with Gasteiger partial charge in [0.2, 0.25) is 11.9 Å². The highest BCUT2D eigenvalue weighted by Crippen LogP contribution is 2.15. The Morgan fingerprint density at radius 1 is 1.12 bits per heavy atom. The zero-order chi connectivity index (χ0) is 17.9. The van der Waals surface area contributed by atoms with Gasteiger partial charge in [0.25, 0.3) is 5.91 Å². The summed E-state index contributed by atoms with van der Waals surface area (Å²) in [7, 11) is 0. The first-order chi connectivity index (χ1) is 12.2. The largest absolute Gasteiger partial charge is 0.354 e. The predicted molar refractivity (Wildman–Crippen MR) is 96.0 cm³/mol. The number of aromatic nitrogens is 2. The molecule has 0 radical (unpaired) electrons. The van der Waals surface area contributed by atoms with Crippen LogP contribution in [0, 0.1) is 12.3 Å². The Labute approximate surface area is 146 Å². The monoisotopic (exact) mass is 337 g/mol. The van der Waals surface area contributed by atoms with Crippen molar-refractivity contribution < 1.29 is 9.59 Å². The number of para-hydroxylation sites is 1. The van der Waals surface area contributed by atoms with Crippen LogP contribution in [0.2, 0.25) is 0 Å². The number of benzene rings is 1. The number of nitrogens with one attached hydrogen (secondary N) is 3. The summed E-state index contributed by atoms with van der Waals surface area (Å²) in [6.07, 6.45) is 9.33. The van der Waals surface area contributed by atoms with Crippen LogP contribution in [-0.4, -0.2) is 34.9 Å². The summed E-state index contributed by atoms with van der Waals surface area (Å²) in [6.45, 7) is 0.704. The van der Waals surface area contributed by atoms with Gasteiger partial charge in [-0.1, -0.05) is 18.1 Å². The quantitative estimate of drug-likeness (QED) is 0.503. The zero-order valence-corrected chi connectivity index (χ0v) is 13.7. The minimum atomic E-state index is -0.322. The molecule has 2 amide bonds. The maximum Gasteiger partial charge on any atom is 0.254 e. The van der Waals surface area contributed by atoms with Crippen LogP contribution in [0.1, 0.15) is 23.2 Å². The van der Waals surface area contributed by atoms with E-state index >= 15 is 0 Å². The van der Waals surface area contributed by atoms with E-state index in [1.54, 1.807) is 42.7 Å². The van der Waals surface area contributed by atoms with Crippen molar-refractivity contribution in [1.82, 2.24) is 15.3 Å². The van der Waals surface area contributed by atoms with Crippen LogP contribution in [0.4, 0.5) is 11.6 Å². The molecule has 1 heterocycles. The molecule has 2 rings (SSSR count). The van der Waals surface area contributed by atoms with Gasteiger partial charge in [0.15, 0.2) is 0 Å². The standard InChI is InChI=1S/C18H19N5O2/c1-2-10-19-17(25)14-7-3-4-8-15(14)23-16(24)9-5-11-20-18-21-12-6-13-22-18/h1,3-4,6-8,12-13H,5,9-11H2,(H,19,25)(H,23,24)(H,20,21,22). The maximum absolute atomic E-state index is 12.1. The molecule has 7 nitrogen and oxygen atoms in total. The number of carbonyl (C=O) groups excluding carboxylic acids is 2. The number of hydrogen-bond acceptors (Lipinski definition) is 5. The molecule has 1 aromatic carbocycles. The molecule has 2 aromatic rings. The van der Waals surface area contributed by atoms with Crippen molar-refractivity contribution in [1.29, 1.82) is 0 Å². The van der Waals surface area contributed by atoms with E-state index in [-0.39, 0.29) is 18.4 Å². The second-order valence-electron chi connectivity index (χ2n) is 5.08. The predicted octanol–water partition coefficient (Wildman–Crippen LogP) is 1.67. The van der Waals surface area contributed by atoms with Crippen LogP contribution in [0.3, 0.4) is 0 Å². The highest BCUT2D eigenvalue weighted by molar-refractivity contribution is 6.03. The first kappa shape index (κ1) is 17.9. The van der Waals surface area contributed by atoms with Gasteiger partial charge in [0.05, 0.1) is 17.8 Å². The molecule has 0 aliphatic carbocycles. The lowest BCUT2D eigenvalue weighted by molar-refractivity contribution is -0.116. The molecule has 0 unspecified atom stereocenters. The van der Waals surface area contributed by atoms with Gasteiger partial charge in [0.1, 0.15) is 0 Å². The van der Waals surface area contributed by atoms with Crippen LogP contribution in [0.5, 0.6) is 0 Å². The lowest BCUT2D eigenvalue weighted by atomic mass is 10.1. The first-order valence-corrected chi connectivity index (χ1v) is 7.82. The third kappa shape index (κ3) is 5.95. The smallest absolute Gasteiger partial charge is 0.254 e. The van der Waals surface area contributed by atoms with Gasteiger partial charge in [-0.15, -0.1) is 6.42 Å². The van der Waals surface area contributed by atoms with Gasteiger partial charge >= 0.3 is 0 Å². The summed E-state index contributed by atoms with van der Waals surface area (Å²) in [5.74, 6) is 2.37. The first-order valence-electron chi connectivity index (χ1n) is 7.82. The molecule has 25 heavy (non-hydrogen) atoms. The van der Waals surface area contributed by atoms with Gasteiger partial charge in [-0.3, -0.25) is 9.59 Å². The minimum Gasteiger partial charge on any atom is -0.354 e. The lowest BCUT2D eigenvalue weighted by Gasteiger charge is -2.10. The molecule has 0 atom stereocenters.